The van der Waals surface area contributed by atoms with Crippen molar-refractivity contribution in [3.63, 3.8) is 0 Å². The molecule has 7 heteroatoms. The molecule has 0 rings (SSSR count). The third kappa shape index (κ3) is 5.24. The Bertz CT molecular complexity index is 200. The summed E-state index contributed by atoms with van der Waals surface area (Å²) in [6.07, 6.45) is -5.62. The van der Waals surface area contributed by atoms with Crippen molar-refractivity contribution in [2.75, 3.05) is 6.61 Å². The maximum Gasteiger partial charge on any atom is 0.156 e. The summed E-state index contributed by atoms with van der Waals surface area (Å²) in [5, 5.41) is 36.6. The van der Waals surface area contributed by atoms with Crippen LogP contribution in [0, 0.1) is 0 Å². The van der Waals surface area contributed by atoms with Crippen LogP contribution in [0.15, 0.2) is 0 Å². The molecule has 0 aliphatic carbocycles. The Morgan fingerprint density at radius 2 is 1.81 bits per heavy atom. The molecule has 0 saturated heterocycles. The van der Waals surface area contributed by atoms with Gasteiger partial charge in [-0.2, -0.15) is 0 Å². The lowest BCUT2D eigenvalue weighted by Gasteiger charge is -2.25. The fraction of sp³-hybridized carbons (Fsp3) is 0.889. The Kier molecular flexibility index (Phi) is 7.90. The molecule has 0 unspecified atom stereocenters. The maximum atomic E-state index is 10.6. The van der Waals surface area contributed by atoms with Gasteiger partial charge < -0.3 is 29.4 Å². The summed E-state index contributed by atoms with van der Waals surface area (Å²) in [6.45, 7) is 2.96. The molecule has 0 heterocycles. The molecule has 0 aromatic carbocycles. The van der Waals surface area contributed by atoms with E-state index < -0.39 is 31.0 Å². The topological polar surface area (TPSA) is 107 Å². The van der Waals surface area contributed by atoms with Gasteiger partial charge in [-0.25, -0.2) is 0 Å². The molecule has 6 nitrogen and oxygen atoms in total. The largest absolute Gasteiger partial charge is 0.394 e. The lowest BCUT2D eigenvalue weighted by molar-refractivity contribution is -0.131. The van der Waals surface area contributed by atoms with Crippen molar-refractivity contribution in [3.8, 4) is 0 Å². The molecule has 0 amide bonds. The molecule has 4 atom stereocenters. The number of carbonyl (C=O) groups is 1. The van der Waals surface area contributed by atoms with Crippen LogP contribution in [0.3, 0.4) is 0 Å². The fourth-order valence-electron chi connectivity index (χ4n) is 0.865. The van der Waals surface area contributed by atoms with Crippen molar-refractivity contribution in [1.82, 2.24) is 0 Å². The van der Waals surface area contributed by atoms with E-state index in [2.05, 4.69) is 0 Å². The molecule has 0 aliphatic rings. The van der Waals surface area contributed by atoms with E-state index in [1.54, 1.807) is 0 Å². The normalized spacial score (nSPS) is 19.2. The minimum absolute atomic E-state index is 0.0922. The Morgan fingerprint density at radius 1 is 1.25 bits per heavy atom. The molecule has 0 bridgehead atoms. The van der Waals surface area contributed by atoms with Crippen LogP contribution < -0.4 is 0 Å². The van der Waals surface area contributed by atoms with Crippen molar-refractivity contribution in [3.05, 3.63) is 0 Å². The molecule has 0 saturated carbocycles. The van der Waals surface area contributed by atoms with Crippen LogP contribution in [0.2, 0.25) is 0 Å². The number of hydrogen-bond acceptors (Lipinski definition) is 7. The van der Waals surface area contributed by atoms with Gasteiger partial charge in [-0.15, -0.1) is 0 Å². The quantitative estimate of drug-likeness (QED) is 0.315. The van der Waals surface area contributed by atoms with E-state index in [1.165, 1.54) is 0 Å². The summed E-state index contributed by atoms with van der Waals surface area (Å²) in [6, 6.07) is 0. The lowest BCUT2D eigenvalue weighted by Crippen LogP contribution is -2.46. The van der Waals surface area contributed by atoms with Gasteiger partial charge in [0.05, 0.1) is 6.61 Å². The first-order valence-corrected chi connectivity index (χ1v) is 5.67. The minimum Gasteiger partial charge on any atom is -0.394 e. The first-order chi connectivity index (χ1) is 7.43. The second-order valence-electron chi connectivity index (χ2n) is 3.57. The van der Waals surface area contributed by atoms with Gasteiger partial charge in [0, 0.05) is 5.25 Å². The molecule has 0 radical (unpaired) electrons. The van der Waals surface area contributed by atoms with Gasteiger partial charge in [0.2, 0.25) is 0 Å². The van der Waals surface area contributed by atoms with Crippen molar-refractivity contribution in [1.29, 1.82) is 0 Å². The zero-order valence-corrected chi connectivity index (χ0v) is 10.0. The summed E-state index contributed by atoms with van der Waals surface area (Å²) in [5.74, 6) is 0. The molecule has 0 aromatic rings. The highest BCUT2D eigenvalue weighted by molar-refractivity contribution is 7.95. The van der Waals surface area contributed by atoms with Gasteiger partial charge >= 0.3 is 0 Å². The molecular formula is C9H18O6S. The van der Waals surface area contributed by atoms with E-state index in [1.807, 2.05) is 13.8 Å². The summed E-state index contributed by atoms with van der Waals surface area (Å²) >= 11 is 0.982. The summed E-state index contributed by atoms with van der Waals surface area (Å²) in [4.78, 5) is 10.6. The fourth-order valence-corrected chi connectivity index (χ4v) is 1.38. The maximum absolute atomic E-state index is 10.6. The number of hydrogen-bond donors (Lipinski definition) is 4. The standard InChI is InChI=1S/C9H18O6S/c1-5(2)16-15-7(4-11)9(14)8(13)6(12)3-10/h4-10,12-14H,3H2,1-2H3/t6-,7+,8-,9-/m1/s1. The van der Waals surface area contributed by atoms with Crippen LogP contribution in [-0.4, -0.2) is 63.0 Å². The van der Waals surface area contributed by atoms with E-state index in [-0.39, 0.29) is 5.25 Å². The summed E-state index contributed by atoms with van der Waals surface area (Å²) < 4.78 is 4.98. The van der Waals surface area contributed by atoms with Gasteiger partial charge in [0.1, 0.15) is 18.3 Å². The highest BCUT2D eigenvalue weighted by atomic mass is 32.2. The van der Waals surface area contributed by atoms with E-state index in [9.17, 15) is 15.0 Å². The first-order valence-electron chi connectivity index (χ1n) is 4.86. The number of rotatable bonds is 8. The SMILES string of the molecule is CC(C)SO[C@@H](C=O)[C@@H](O)[C@H](O)[C@H](O)CO. The van der Waals surface area contributed by atoms with Crippen LogP contribution in [0.4, 0.5) is 0 Å². The number of carbonyl (C=O) groups excluding carboxylic acids is 1. The number of aldehydes is 1. The average Bonchev–Trinajstić information content (AvgIpc) is 2.27. The van der Waals surface area contributed by atoms with Gasteiger partial charge in [-0.05, 0) is 12.0 Å². The third-order valence-electron chi connectivity index (χ3n) is 1.76. The van der Waals surface area contributed by atoms with E-state index in [0.717, 1.165) is 12.0 Å². The lowest BCUT2D eigenvalue weighted by atomic mass is 10.0. The van der Waals surface area contributed by atoms with E-state index in [0.29, 0.717) is 6.29 Å². The smallest absolute Gasteiger partial charge is 0.156 e. The molecule has 0 aliphatic heterocycles. The van der Waals surface area contributed by atoms with Crippen LogP contribution >= 0.6 is 12.0 Å². The summed E-state index contributed by atoms with van der Waals surface area (Å²) in [7, 11) is 0. The molecule has 0 aromatic heterocycles. The van der Waals surface area contributed by atoms with Crippen LogP contribution in [0.25, 0.3) is 0 Å². The predicted molar refractivity (Wildman–Crippen MR) is 58.8 cm³/mol. The Balaban J connectivity index is 4.28. The molecular weight excluding hydrogens is 236 g/mol. The second-order valence-corrected chi connectivity index (χ2v) is 4.90. The van der Waals surface area contributed by atoms with Gasteiger partial charge in [-0.3, -0.25) is 0 Å². The van der Waals surface area contributed by atoms with Gasteiger partial charge in [-0.1, -0.05) is 13.8 Å². The van der Waals surface area contributed by atoms with Gasteiger partial charge in [0.25, 0.3) is 0 Å². The Morgan fingerprint density at radius 3 is 2.19 bits per heavy atom. The summed E-state index contributed by atoms with van der Waals surface area (Å²) in [5.41, 5.74) is 0. The van der Waals surface area contributed by atoms with E-state index >= 15 is 0 Å². The van der Waals surface area contributed by atoms with E-state index in [4.69, 9.17) is 14.4 Å². The van der Waals surface area contributed by atoms with Crippen LogP contribution in [0.5, 0.6) is 0 Å². The number of aliphatic hydroxyl groups excluding tert-OH is 4. The monoisotopic (exact) mass is 254 g/mol. The average molecular weight is 254 g/mol. The molecule has 16 heavy (non-hydrogen) atoms. The van der Waals surface area contributed by atoms with Crippen molar-refractivity contribution in [2.45, 2.75) is 43.5 Å². The van der Waals surface area contributed by atoms with Crippen molar-refractivity contribution < 1.29 is 29.4 Å². The minimum atomic E-state index is -1.63. The Hall–Kier alpha value is -0.180. The van der Waals surface area contributed by atoms with Gasteiger partial charge in [0.15, 0.2) is 12.4 Å². The predicted octanol–water partition coefficient (Wildman–Crippen LogP) is -1.30. The van der Waals surface area contributed by atoms with Crippen LogP contribution in [-0.2, 0) is 8.98 Å². The first kappa shape index (κ1) is 15.8. The second kappa shape index (κ2) is 7.99. The molecule has 4 N–H and O–H groups in total. The highest BCUT2D eigenvalue weighted by Gasteiger charge is 2.32. The van der Waals surface area contributed by atoms with Crippen molar-refractivity contribution >= 4 is 18.3 Å². The molecule has 96 valence electrons. The molecule has 0 fully saturated rings. The number of aliphatic hydroxyl groups is 4. The highest BCUT2D eigenvalue weighted by Crippen LogP contribution is 2.17. The van der Waals surface area contributed by atoms with Crippen molar-refractivity contribution in [2.24, 2.45) is 0 Å². The third-order valence-corrected chi connectivity index (χ3v) is 2.48. The van der Waals surface area contributed by atoms with Crippen LogP contribution in [0.1, 0.15) is 13.8 Å². The Labute approximate surface area is 98.4 Å². The molecule has 0 spiro atoms. The zero-order valence-electron chi connectivity index (χ0n) is 9.18. The zero-order chi connectivity index (χ0) is 12.7.